The Hall–Kier alpha value is -2.69. The highest BCUT2D eigenvalue weighted by Crippen LogP contribution is 2.21. The first-order chi connectivity index (χ1) is 9.74. The number of nitrogens with one attached hydrogen (secondary N) is 2. The van der Waals surface area contributed by atoms with Crippen LogP contribution in [0.2, 0.25) is 0 Å². The fourth-order valence-electron chi connectivity index (χ4n) is 2.05. The van der Waals surface area contributed by atoms with E-state index in [2.05, 4.69) is 31.7 Å². The molecule has 0 radical (unpaired) electrons. The largest absolute Gasteiger partial charge is 0.357 e. The van der Waals surface area contributed by atoms with Crippen molar-refractivity contribution in [1.29, 1.82) is 0 Å². The molecule has 0 unspecified atom stereocenters. The highest BCUT2D eigenvalue weighted by Gasteiger charge is 2.02. The minimum atomic E-state index is 0.606. The Kier molecular flexibility index (Phi) is 3.16. The Bertz CT molecular complexity index is 754. The van der Waals surface area contributed by atoms with Crippen LogP contribution >= 0.6 is 0 Å². The van der Waals surface area contributed by atoms with Crippen LogP contribution in [0, 0.1) is 6.92 Å². The van der Waals surface area contributed by atoms with E-state index in [0.717, 1.165) is 28.1 Å². The fourth-order valence-corrected chi connectivity index (χ4v) is 2.05. The molecule has 5 nitrogen and oxygen atoms in total. The van der Waals surface area contributed by atoms with Crippen LogP contribution in [-0.2, 0) is 0 Å². The van der Waals surface area contributed by atoms with Gasteiger partial charge in [-0.25, -0.2) is 4.98 Å². The standard InChI is InChI=1S/C15H15N5/c1-10-8-14(20-15(16-2)18-10)19-12-5-6-13-11(9-12)4-3-7-17-13/h3-9H,1-2H3,(H2,16,18,19,20). The third-order valence-corrected chi connectivity index (χ3v) is 2.95. The average Bonchev–Trinajstić information content (AvgIpc) is 2.46. The second kappa shape index (κ2) is 5.13. The summed E-state index contributed by atoms with van der Waals surface area (Å²) in [5.74, 6) is 1.38. The van der Waals surface area contributed by atoms with Gasteiger partial charge in [0.2, 0.25) is 5.95 Å². The number of hydrogen-bond donors (Lipinski definition) is 2. The molecule has 0 fully saturated rings. The van der Waals surface area contributed by atoms with Crippen molar-refractivity contribution in [2.24, 2.45) is 0 Å². The van der Waals surface area contributed by atoms with E-state index in [1.54, 1.807) is 13.2 Å². The van der Waals surface area contributed by atoms with Crippen molar-refractivity contribution in [3.8, 4) is 0 Å². The molecule has 3 aromatic rings. The first kappa shape index (κ1) is 12.3. The first-order valence-corrected chi connectivity index (χ1v) is 6.40. The molecule has 0 saturated carbocycles. The van der Waals surface area contributed by atoms with Gasteiger partial charge in [0, 0.05) is 36.1 Å². The van der Waals surface area contributed by atoms with Gasteiger partial charge >= 0.3 is 0 Å². The van der Waals surface area contributed by atoms with Crippen molar-refractivity contribution in [3.05, 3.63) is 48.3 Å². The molecule has 2 heterocycles. The zero-order valence-electron chi connectivity index (χ0n) is 11.4. The number of anilines is 3. The molecule has 0 aliphatic rings. The van der Waals surface area contributed by atoms with Crippen LogP contribution in [0.15, 0.2) is 42.6 Å². The van der Waals surface area contributed by atoms with Gasteiger partial charge in [-0.2, -0.15) is 4.98 Å². The molecule has 1 aromatic carbocycles. The first-order valence-electron chi connectivity index (χ1n) is 6.40. The summed E-state index contributed by atoms with van der Waals surface area (Å²) < 4.78 is 0. The molecule has 5 heteroatoms. The second-order valence-electron chi connectivity index (χ2n) is 4.50. The van der Waals surface area contributed by atoms with E-state index in [1.807, 2.05) is 37.3 Å². The van der Waals surface area contributed by atoms with Crippen LogP contribution in [-0.4, -0.2) is 22.0 Å². The van der Waals surface area contributed by atoms with Crippen LogP contribution in [0.4, 0.5) is 17.5 Å². The van der Waals surface area contributed by atoms with Crippen molar-refractivity contribution in [1.82, 2.24) is 15.0 Å². The minimum Gasteiger partial charge on any atom is -0.357 e. The predicted octanol–water partition coefficient (Wildman–Crippen LogP) is 3.12. The quantitative estimate of drug-likeness (QED) is 0.761. The van der Waals surface area contributed by atoms with Gasteiger partial charge < -0.3 is 10.6 Å². The van der Waals surface area contributed by atoms with E-state index in [1.165, 1.54) is 0 Å². The number of hydrogen-bond acceptors (Lipinski definition) is 5. The van der Waals surface area contributed by atoms with Crippen molar-refractivity contribution in [2.45, 2.75) is 6.92 Å². The molecule has 0 aliphatic carbocycles. The van der Waals surface area contributed by atoms with Gasteiger partial charge in [-0.15, -0.1) is 0 Å². The molecule has 2 N–H and O–H groups in total. The van der Waals surface area contributed by atoms with Crippen LogP contribution in [0.5, 0.6) is 0 Å². The maximum Gasteiger partial charge on any atom is 0.224 e. The fraction of sp³-hybridized carbons (Fsp3) is 0.133. The van der Waals surface area contributed by atoms with Gasteiger partial charge in [0.15, 0.2) is 0 Å². The zero-order valence-corrected chi connectivity index (χ0v) is 11.4. The number of aryl methyl sites for hydroxylation is 1. The second-order valence-corrected chi connectivity index (χ2v) is 4.50. The summed E-state index contributed by atoms with van der Waals surface area (Å²) in [6.45, 7) is 1.94. The topological polar surface area (TPSA) is 62.7 Å². The highest BCUT2D eigenvalue weighted by molar-refractivity contribution is 5.83. The van der Waals surface area contributed by atoms with Gasteiger partial charge in [0.1, 0.15) is 5.82 Å². The Balaban J connectivity index is 1.94. The molecule has 0 atom stereocenters. The van der Waals surface area contributed by atoms with E-state index < -0.39 is 0 Å². The van der Waals surface area contributed by atoms with E-state index in [0.29, 0.717) is 5.95 Å². The van der Waals surface area contributed by atoms with Crippen LogP contribution < -0.4 is 10.6 Å². The van der Waals surface area contributed by atoms with Gasteiger partial charge in [0.05, 0.1) is 5.52 Å². The highest BCUT2D eigenvalue weighted by atomic mass is 15.1. The third-order valence-electron chi connectivity index (χ3n) is 2.95. The number of benzene rings is 1. The Morgan fingerprint density at radius 2 is 1.95 bits per heavy atom. The molecule has 2 aromatic heterocycles. The molecule has 0 amide bonds. The van der Waals surface area contributed by atoms with Crippen LogP contribution in [0.1, 0.15) is 5.69 Å². The maximum atomic E-state index is 4.38. The summed E-state index contributed by atoms with van der Waals surface area (Å²) in [5.41, 5.74) is 2.87. The summed E-state index contributed by atoms with van der Waals surface area (Å²) in [4.78, 5) is 13.0. The Morgan fingerprint density at radius 3 is 2.80 bits per heavy atom. The maximum absolute atomic E-state index is 4.38. The van der Waals surface area contributed by atoms with Crippen molar-refractivity contribution < 1.29 is 0 Å². The molecule has 3 rings (SSSR count). The zero-order chi connectivity index (χ0) is 13.9. The number of fused-ring (bicyclic) bond motifs is 1. The molecular formula is C15H15N5. The van der Waals surface area contributed by atoms with E-state index in [-0.39, 0.29) is 0 Å². The van der Waals surface area contributed by atoms with Gasteiger partial charge in [-0.3, -0.25) is 4.98 Å². The lowest BCUT2D eigenvalue weighted by Gasteiger charge is -2.09. The SMILES string of the molecule is CNc1nc(C)cc(Nc2ccc3ncccc3c2)n1. The Labute approximate surface area is 117 Å². The van der Waals surface area contributed by atoms with E-state index >= 15 is 0 Å². The van der Waals surface area contributed by atoms with Crippen LogP contribution in [0.25, 0.3) is 10.9 Å². The van der Waals surface area contributed by atoms with Gasteiger partial charge in [-0.05, 0) is 31.2 Å². The summed E-state index contributed by atoms with van der Waals surface area (Å²) in [6, 6.07) is 11.9. The average molecular weight is 265 g/mol. The molecule has 0 aliphatic heterocycles. The lowest BCUT2D eigenvalue weighted by Crippen LogP contribution is -2.01. The lowest BCUT2D eigenvalue weighted by molar-refractivity contribution is 1.10. The summed E-state index contributed by atoms with van der Waals surface area (Å²) in [6.07, 6.45) is 1.79. The molecule has 0 spiro atoms. The van der Waals surface area contributed by atoms with Crippen LogP contribution in [0.3, 0.4) is 0 Å². The minimum absolute atomic E-state index is 0.606. The molecule has 0 saturated heterocycles. The van der Waals surface area contributed by atoms with Crippen molar-refractivity contribution in [3.63, 3.8) is 0 Å². The number of nitrogens with zero attached hydrogens (tertiary/aromatic N) is 3. The predicted molar refractivity (Wildman–Crippen MR) is 81.3 cm³/mol. The van der Waals surface area contributed by atoms with Gasteiger partial charge in [0.25, 0.3) is 0 Å². The number of rotatable bonds is 3. The van der Waals surface area contributed by atoms with E-state index in [9.17, 15) is 0 Å². The smallest absolute Gasteiger partial charge is 0.224 e. The number of pyridine rings is 1. The lowest BCUT2D eigenvalue weighted by atomic mass is 10.2. The summed E-state index contributed by atoms with van der Waals surface area (Å²) in [5, 5.41) is 7.34. The third kappa shape index (κ3) is 2.51. The normalized spacial score (nSPS) is 10.5. The monoisotopic (exact) mass is 265 g/mol. The molecular weight excluding hydrogens is 250 g/mol. The van der Waals surface area contributed by atoms with E-state index in [4.69, 9.17) is 0 Å². The van der Waals surface area contributed by atoms with Crippen molar-refractivity contribution >= 4 is 28.4 Å². The molecule has 20 heavy (non-hydrogen) atoms. The molecule has 0 bridgehead atoms. The summed E-state index contributed by atoms with van der Waals surface area (Å²) in [7, 11) is 1.81. The molecule has 100 valence electrons. The van der Waals surface area contributed by atoms with Gasteiger partial charge in [-0.1, -0.05) is 6.07 Å². The summed E-state index contributed by atoms with van der Waals surface area (Å²) >= 11 is 0. The van der Waals surface area contributed by atoms with Crippen molar-refractivity contribution in [2.75, 3.05) is 17.7 Å². The number of aromatic nitrogens is 3. The Morgan fingerprint density at radius 1 is 1.05 bits per heavy atom.